The van der Waals surface area contributed by atoms with E-state index in [-0.39, 0.29) is 29.6 Å². The number of phenols is 1. The molecule has 0 atom stereocenters. The highest BCUT2D eigenvalue weighted by Gasteiger charge is 2.30. The van der Waals surface area contributed by atoms with Crippen LogP contribution >= 0.6 is 11.6 Å². The smallest absolute Gasteiger partial charge is 0.401 e. The second-order valence-electron chi connectivity index (χ2n) is 4.05. The van der Waals surface area contributed by atoms with Gasteiger partial charge in [0.1, 0.15) is 0 Å². The molecule has 0 amide bonds. The summed E-state index contributed by atoms with van der Waals surface area (Å²) in [5.41, 5.74) is 0.547. The Bertz CT molecular complexity index is 438. The maximum atomic E-state index is 12.4. The van der Waals surface area contributed by atoms with E-state index in [9.17, 15) is 18.3 Å². The molecule has 0 aliphatic carbocycles. The van der Waals surface area contributed by atoms with Crippen LogP contribution in [0.1, 0.15) is 12.5 Å². The van der Waals surface area contributed by atoms with Crippen molar-refractivity contribution in [2.24, 2.45) is 0 Å². The van der Waals surface area contributed by atoms with Crippen molar-refractivity contribution in [2.45, 2.75) is 19.6 Å². The monoisotopic (exact) mass is 297 g/mol. The second kappa shape index (κ2) is 6.34. The van der Waals surface area contributed by atoms with Gasteiger partial charge in [-0.1, -0.05) is 18.5 Å². The summed E-state index contributed by atoms with van der Waals surface area (Å²) in [5.74, 6) is -0.0719. The topological polar surface area (TPSA) is 32.7 Å². The van der Waals surface area contributed by atoms with Crippen molar-refractivity contribution in [2.75, 3.05) is 20.2 Å². The van der Waals surface area contributed by atoms with E-state index in [4.69, 9.17) is 16.3 Å². The summed E-state index contributed by atoms with van der Waals surface area (Å²) in [4.78, 5) is 1.22. The molecule has 0 aliphatic rings. The minimum atomic E-state index is -4.25. The summed E-state index contributed by atoms with van der Waals surface area (Å²) in [6, 6.07) is 2.90. The van der Waals surface area contributed by atoms with Gasteiger partial charge in [-0.2, -0.15) is 13.2 Å². The standard InChI is InChI=1S/C12H15ClF3NO2/c1-3-17(7-12(14,15)16)6-8-4-9(13)11(18)10(5-8)19-2/h4-5,18H,3,6-7H2,1-2H3. The zero-order chi connectivity index (χ0) is 14.6. The Balaban J connectivity index is 2.89. The number of nitrogens with zero attached hydrogens (tertiary/aromatic N) is 1. The average Bonchev–Trinajstić information content (AvgIpc) is 2.30. The first-order valence-electron chi connectivity index (χ1n) is 5.61. The molecule has 108 valence electrons. The fraction of sp³-hybridized carbons (Fsp3) is 0.500. The van der Waals surface area contributed by atoms with E-state index in [1.807, 2.05) is 0 Å². The third-order valence-electron chi connectivity index (χ3n) is 2.56. The molecular weight excluding hydrogens is 283 g/mol. The molecule has 0 aromatic heterocycles. The molecule has 7 heteroatoms. The predicted octanol–water partition coefficient (Wildman–Crippen LogP) is 3.44. The molecule has 0 radical (unpaired) electrons. The van der Waals surface area contributed by atoms with Gasteiger partial charge >= 0.3 is 6.18 Å². The molecule has 0 spiro atoms. The van der Waals surface area contributed by atoms with Gasteiger partial charge < -0.3 is 9.84 Å². The first-order chi connectivity index (χ1) is 8.76. The molecule has 0 saturated heterocycles. The van der Waals surface area contributed by atoms with E-state index in [2.05, 4.69) is 0 Å². The van der Waals surface area contributed by atoms with Crippen LogP contribution in [-0.2, 0) is 6.54 Å². The zero-order valence-electron chi connectivity index (χ0n) is 10.6. The Hall–Kier alpha value is -1.14. The number of aromatic hydroxyl groups is 1. The van der Waals surface area contributed by atoms with Crippen LogP contribution in [0.2, 0.25) is 5.02 Å². The second-order valence-corrected chi connectivity index (χ2v) is 4.45. The van der Waals surface area contributed by atoms with E-state index in [0.717, 1.165) is 0 Å². The van der Waals surface area contributed by atoms with Crippen LogP contribution in [0.3, 0.4) is 0 Å². The molecule has 3 nitrogen and oxygen atoms in total. The molecule has 0 fully saturated rings. The number of phenolic OH excluding ortho intramolecular Hbond substituents is 1. The Kier molecular flexibility index (Phi) is 5.31. The summed E-state index contributed by atoms with van der Waals surface area (Å²) in [5, 5.41) is 9.60. The number of benzene rings is 1. The first kappa shape index (κ1) is 15.9. The van der Waals surface area contributed by atoms with E-state index in [1.54, 1.807) is 6.92 Å². The minimum Gasteiger partial charge on any atom is -0.503 e. The van der Waals surface area contributed by atoms with Crippen LogP contribution in [0.5, 0.6) is 11.5 Å². The van der Waals surface area contributed by atoms with Crippen molar-refractivity contribution in [1.82, 2.24) is 4.90 Å². The lowest BCUT2D eigenvalue weighted by Crippen LogP contribution is -2.33. The third kappa shape index (κ3) is 4.80. The number of rotatable bonds is 5. The molecule has 1 aromatic carbocycles. The van der Waals surface area contributed by atoms with Crippen LogP contribution in [0.4, 0.5) is 13.2 Å². The Morgan fingerprint density at radius 3 is 2.47 bits per heavy atom. The lowest BCUT2D eigenvalue weighted by Gasteiger charge is -2.22. The molecule has 1 N–H and O–H groups in total. The van der Waals surface area contributed by atoms with Gasteiger partial charge in [-0.15, -0.1) is 0 Å². The zero-order valence-corrected chi connectivity index (χ0v) is 11.3. The van der Waals surface area contributed by atoms with Gasteiger partial charge in [0.05, 0.1) is 18.7 Å². The number of halogens is 4. The molecule has 0 heterocycles. The van der Waals surface area contributed by atoms with Crippen molar-refractivity contribution in [3.63, 3.8) is 0 Å². The van der Waals surface area contributed by atoms with Crippen LogP contribution in [0.15, 0.2) is 12.1 Å². The normalized spacial score (nSPS) is 11.9. The lowest BCUT2D eigenvalue weighted by molar-refractivity contribution is -0.146. The summed E-state index contributed by atoms with van der Waals surface area (Å²) >= 11 is 5.79. The number of ether oxygens (including phenoxy) is 1. The highest BCUT2D eigenvalue weighted by atomic mass is 35.5. The summed E-state index contributed by atoms with van der Waals surface area (Å²) in [6.45, 7) is 0.974. The first-order valence-corrected chi connectivity index (χ1v) is 5.99. The fourth-order valence-corrected chi connectivity index (χ4v) is 1.90. The van der Waals surface area contributed by atoms with Crippen molar-refractivity contribution >= 4 is 11.6 Å². The maximum Gasteiger partial charge on any atom is 0.401 e. The Morgan fingerprint density at radius 2 is 2.00 bits per heavy atom. The van der Waals surface area contributed by atoms with Crippen LogP contribution in [0.25, 0.3) is 0 Å². The van der Waals surface area contributed by atoms with E-state index < -0.39 is 12.7 Å². The average molecular weight is 298 g/mol. The lowest BCUT2D eigenvalue weighted by atomic mass is 10.2. The van der Waals surface area contributed by atoms with E-state index >= 15 is 0 Å². The van der Waals surface area contributed by atoms with Gasteiger partial charge in [-0.25, -0.2) is 0 Å². The van der Waals surface area contributed by atoms with Crippen molar-refractivity contribution in [3.05, 3.63) is 22.7 Å². The Labute approximate surface area is 114 Å². The van der Waals surface area contributed by atoms with Crippen LogP contribution in [0, 0.1) is 0 Å². The molecule has 0 bridgehead atoms. The number of methoxy groups -OCH3 is 1. The quantitative estimate of drug-likeness (QED) is 0.903. The Morgan fingerprint density at radius 1 is 1.37 bits per heavy atom. The minimum absolute atomic E-state index is 0.0532. The van der Waals surface area contributed by atoms with E-state index in [0.29, 0.717) is 5.56 Å². The van der Waals surface area contributed by atoms with Gasteiger partial charge in [-0.3, -0.25) is 4.90 Å². The number of alkyl halides is 3. The largest absolute Gasteiger partial charge is 0.503 e. The molecule has 0 saturated carbocycles. The molecule has 19 heavy (non-hydrogen) atoms. The molecule has 0 unspecified atom stereocenters. The fourth-order valence-electron chi connectivity index (χ4n) is 1.67. The summed E-state index contributed by atoms with van der Waals surface area (Å²) < 4.78 is 42.0. The molecule has 0 aliphatic heterocycles. The van der Waals surface area contributed by atoms with Crippen molar-refractivity contribution in [1.29, 1.82) is 0 Å². The van der Waals surface area contributed by atoms with Crippen molar-refractivity contribution in [3.8, 4) is 11.5 Å². The van der Waals surface area contributed by atoms with E-state index in [1.165, 1.54) is 24.1 Å². The number of hydrogen-bond donors (Lipinski definition) is 1. The maximum absolute atomic E-state index is 12.4. The van der Waals surface area contributed by atoms with Gasteiger partial charge in [0.15, 0.2) is 11.5 Å². The SMILES string of the molecule is CCN(Cc1cc(Cl)c(O)c(OC)c1)CC(F)(F)F. The van der Waals surface area contributed by atoms with Gasteiger partial charge in [0, 0.05) is 6.54 Å². The molecule has 1 aromatic rings. The highest BCUT2D eigenvalue weighted by Crippen LogP contribution is 2.35. The van der Waals surface area contributed by atoms with Gasteiger partial charge in [0.2, 0.25) is 0 Å². The predicted molar refractivity (Wildman–Crippen MR) is 66.7 cm³/mol. The van der Waals surface area contributed by atoms with Crippen molar-refractivity contribution < 1.29 is 23.0 Å². The van der Waals surface area contributed by atoms with Gasteiger partial charge in [-0.05, 0) is 24.2 Å². The third-order valence-corrected chi connectivity index (χ3v) is 2.85. The molecule has 1 rings (SSSR count). The molecular formula is C12H15ClF3NO2. The summed E-state index contributed by atoms with van der Waals surface area (Å²) in [6.07, 6.45) is -4.25. The summed E-state index contributed by atoms with van der Waals surface area (Å²) in [7, 11) is 1.35. The van der Waals surface area contributed by atoms with Crippen LogP contribution < -0.4 is 4.74 Å². The van der Waals surface area contributed by atoms with Crippen LogP contribution in [-0.4, -0.2) is 36.4 Å². The van der Waals surface area contributed by atoms with Gasteiger partial charge in [0.25, 0.3) is 0 Å². The number of hydrogen-bond acceptors (Lipinski definition) is 3. The highest BCUT2D eigenvalue weighted by molar-refractivity contribution is 6.32.